The number of sulfonamides is 1. The molecule has 1 atom stereocenters. The number of rotatable bonds is 13. The Bertz CT molecular complexity index is 1410. The summed E-state index contributed by atoms with van der Waals surface area (Å²) in [5.74, 6) is -2.08. The second kappa shape index (κ2) is 14.3. The van der Waals surface area contributed by atoms with Crippen LogP contribution in [-0.2, 0) is 21.2 Å². The number of hydrogen-bond acceptors (Lipinski definition) is 7. The fraction of sp³-hybridized carbons (Fsp3) is 0.310. The number of carbonyl (C=O) groups excluding carboxylic acids is 3. The maximum atomic E-state index is 13.0. The van der Waals surface area contributed by atoms with E-state index in [0.29, 0.717) is 13.0 Å². The maximum absolute atomic E-state index is 13.0. The highest BCUT2D eigenvalue weighted by Gasteiger charge is 2.20. The van der Waals surface area contributed by atoms with Crippen LogP contribution in [0.3, 0.4) is 0 Å². The summed E-state index contributed by atoms with van der Waals surface area (Å²) in [4.78, 5) is 40.8. The smallest absolute Gasteiger partial charge is 0.356 e. The van der Waals surface area contributed by atoms with E-state index in [9.17, 15) is 27.2 Å². The molecule has 1 unspecified atom stereocenters. The Morgan fingerprint density at radius 3 is 2.25 bits per heavy atom. The third-order valence-corrected chi connectivity index (χ3v) is 7.40. The molecule has 0 saturated carbocycles. The topological polar surface area (TPSA) is 132 Å². The van der Waals surface area contributed by atoms with Gasteiger partial charge in [0.2, 0.25) is 0 Å². The van der Waals surface area contributed by atoms with Gasteiger partial charge in [-0.1, -0.05) is 38.8 Å². The first-order valence-electron chi connectivity index (χ1n) is 12.9. The zero-order valence-electron chi connectivity index (χ0n) is 22.4. The number of unbranched alkanes of at least 4 members (excludes halogenated alkanes) is 1. The Kier molecular flexibility index (Phi) is 10.9. The quantitative estimate of drug-likeness (QED) is 0.294. The number of hydrogen-bond donors (Lipinski definition) is 2. The Balaban J connectivity index is 1.52. The van der Waals surface area contributed by atoms with Crippen molar-refractivity contribution >= 4 is 27.8 Å². The largest absolute Gasteiger partial charge is 0.461 e. The van der Waals surface area contributed by atoms with Gasteiger partial charge in [0.05, 0.1) is 17.1 Å². The molecule has 0 fully saturated rings. The molecular formula is C29H32FN3O6S. The Hall–Kier alpha value is -4.12. The number of amides is 2. The van der Waals surface area contributed by atoms with E-state index in [2.05, 4.69) is 17.2 Å². The average Bonchev–Trinajstić information content (AvgIpc) is 2.95. The summed E-state index contributed by atoms with van der Waals surface area (Å²) >= 11 is 0. The lowest BCUT2D eigenvalue weighted by atomic mass is 10.1. The average molecular weight is 570 g/mol. The first-order valence-corrected chi connectivity index (χ1v) is 14.4. The number of aromatic nitrogens is 1. The number of nitrogens with one attached hydrogen (secondary N) is 2. The van der Waals surface area contributed by atoms with E-state index in [0.717, 1.165) is 31.0 Å². The SMILES string of the molecule is CCCCC(C)COC(=O)c1ccc(C(=O)NS(=O)(=O)c2ccc(C(=O)NCCc3ccc(F)cc3)cc2)cn1. The second-order valence-corrected chi connectivity index (χ2v) is 11.1. The molecule has 0 saturated heterocycles. The Morgan fingerprint density at radius 1 is 0.950 bits per heavy atom. The van der Waals surface area contributed by atoms with Crippen LogP contribution in [0.5, 0.6) is 0 Å². The normalized spacial score (nSPS) is 11.9. The lowest BCUT2D eigenvalue weighted by Crippen LogP contribution is -2.31. The molecule has 0 spiro atoms. The van der Waals surface area contributed by atoms with Gasteiger partial charge in [0.15, 0.2) is 0 Å². The molecule has 0 aliphatic carbocycles. The van der Waals surface area contributed by atoms with Crippen molar-refractivity contribution in [3.8, 4) is 0 Å². The molecule has 212 valence electrons. The number of pyridine rings is 1. The number of nitrogens with zero attached hydrogens (tertiary/aromatic N) is 1. The van der Waals surface area contributed by atoms with Crippen molar-refractivity contribution in [2.75, 3.05) is 13.2 Å². The van der Waals surface area contributed by atoms with E-state index >= 15 is 0 Å². The van der Waals surface area contributed by atoms with Crippen LogP contribution in [0, 0.1) is 11.7 Å². The lowest BCUT2D eigenvalue weighted by Gasteiger charge is -2.11. The van der Waals surface area contributed by atoms with E-state index in [1.165, 1.54) is 48.5 Å². The van der Waals surface area contributed by atoms with Crippen molar-refractivity contribution in [3.63, 3.8) is 0 Å². The predicted octanol–water partition coefficient (Wildman–Crippen LogP) is 4.30. The predicted molar refractivity (Wildman–Crippen MR) is 147 cm³/mol. The summed E-state index contributed by atoms with van der Waals surface area (Å²) in [5.41, 5.74) is 1.04. The minimum absolute atomic E-state index is 0.00799. The van der Waals surface area contributed by atoms with Gasteiger partial charge < -0.3 is 10.1 Å². The van der Waals surface area contributed by atoms with Crippen LogP contribution in [0.4, 0.5) is 4.39 Å². The van der Waals surface area contributed by atoms with Crippen LogP contribution in [0.15, 0.2) is 71.8 Å². The van der Waals surface area contributed by atoms with Crippen LogP contribution in [-0.4, -0.2) is 44.3 Å². The molecule has 3 rings (SSSR count). The number of esters is 1. The van der Waals surface area contributed by atoms with E-state index in [1.807, 2.05) is 11.6 Å². The summed E-state index contributed by atoms with van der Waals surface area (Å²) in [6.45, 7) is 4.65. The number of halogens is 1. The van der Waals surface area contributed by atoms with Crippen molar-refractivity contribution in [2.45, 2.75) is 44.4 Å². The zero-order valence-corrected chi connectivity index (χ0v) is 23.2. The van der Waals surface area contributed by atoms with Crippen LogP contribution in [0.25, 0.3) is 0 Å². The van der Waals surface area contributed by atoms with Crippen LogP contribution < -0.4 is 10.0 Å². The standard InChI is InChI=1S/C29H32FN3O6S/c1-3-4-5-20(2)19-39-29(36)26-15-10-23(18-32-26)28(35)33-40(37,38)25-13-8-22(9-14-25)27(34)31-17-16-21-6-11-24(30)12-7-21/h6-15,18,20H,3-5,16-17,19H2,1-2H3,(H,31,34)(H,33,35). The van der Waals surface area contributed by atoms with Gasteiger partial charge in [0.25, 0.3) is 21.8 Å². The maximum Gasteiger partial charge on any atom is 0.356 e. The minimum atomic E-state index is -4.24. The van der Waals surface area contributed by atoms with Crippen molar-refractivity contribution in [1.29, 1.82) is 0 Å². The molecule has 0 bridgehead atoms. The molecule has 0 radical (unpaired) electrons. The highest BCUT2D eigenvalue weighted by molar-refractivity contribution is 7.90. The first kappa shape index (κ1) is 30.4. The van der Waals surface area contributed by atoms with Gasteiger partial charge in [-0.05, 0) is 72.9 Å². The van der Waals surface area contributed by atoms with E-state index in [1.54, 1.807) is 12.1 Å². The van der Waals surface area contributed by atoms with Gasteiger partial charge in [-0.15, -0.1) is 0 Å². The molecule has 2 aromatic carbocycles. The highest BCUT2D eigenvalue weighted by atomic mass is 32.2. The van der Waals surface area contributed by atoms with E-state index in [-0.39, 0.29) is 40.1 Å². The summed E-state index contributed by atoms with van der Waals surface area (Å²) in [6.07, 6.45) is 4.65. The third-order valence-electron chi connectivity index (χ3n) is 6.05. The van der Waals surface area contributed by atoms with Gasteiger partial charge in [0.1, 0.15) is 11.5 Å². The van der Waals surface area contributed by atoms with Crippen molar-refractivity contribution in [2.24, 2.45) is 5.92 Å². The molecule has 1 heterocycles. The van der Waals surface area contributed by atoms with Crippen molar-refractivity contribution in [1.82, 2.24) is 15.0 Å². The molecule has 9 nitrogen and oxygen atoms in total. The minimum Gasteiger partial charge on any atom is -0.461 e. The fourth-order valence-corrected chi connectivity index (χ4v) is 4.65. The monoisotopic (exact) mass is 569 g/mol. The number of ether oxygens (including phenoxy) is 1. The Morgan fingerprint density at radius 2 is 1.62 bits per heavy atom. The number of benzene rings is 2. The molecule has 2 amide bonds. The molecule has 0 aliphatic rings. The first-order chi connectivity index (χ1) is 19.1. The second-order valence-electron chi connectivity index (χ2n) is 9.37. The molecule has 0 aliphatic heterocycles. The highest BCUT2D eigenvalue weighted by Crippen LogP contribution is 2.13. The summed E-state index contributed by atoms with van der Waals surface area (Å²) in [6, 6.07) is 13.6. The molecule has 11 heteroatoms. The summed E-state index contributed by atoms with van der Waals surface area (Å²) in [5, 5.41) is 2.72. The number of carbonyl (C=O) groups is 3. The van der Waals surface area contributed by atoms with Crippen LogP contribution in [0.2, 0.25) is 0 Å². The van der Waals surface area contributed by atoms with Crippen molar-refractivity contribution in [3.05, 3.63) is 95.1 Å². The van der Waals surface area contributed by atoms with E-state index < -0.39 is 27.8 Å². The van der Waals surface area contributed by atoms with Crippen molar-refractivity contribution < 1.29 is 31.9 Å². The zero-order chi connectivity index (χ0) is 29.1. The summed E-state index contributed by atoms with van der Waals surface area (Å²) < 4.78 is 45.6. The van der Waals surface area contributed by atoms with Gasteiger partial charge in [-0.3, -0.25) is 9.59 Å². The molecule has 1 aromatic heterocycles. The molecule has 40 heavy (non-hydrogen) atoms. The summed E-state index contributed by atoms with van der Waals surface area (Å²) in [7, 11) is -4.24. The molecule has 3 aromatic rings. The van der Waals surface area contributed by atoms with Gasteiger partial charge in [0, 0.05) is 18.3 Å². The molecular weight excluding hydrogens is 537 g/mol. The van der Waals surface area contributed by atoms with Crippen LogP contribution >= 0.6 is 0 Å². The van der Waals surface area contributed by atoms with Gasteiger partial charge in [-0.2, -0.15) is 0 Å². The Labute approximate surface area is 233 Å². The fourth-order valence-electron chi connectivity index (χ4n) is 3.68. The third kappa shape index (κ3) is 8.98. The molecule has 2 N–H and O–H groups in total. The van der Waals surface area contributed by atoms with Crippen LogP contribution in [0.1, 0.15) is 69.9 Å². The van der Waals surface area contributed by atoms with Gasteiger partial charge >= 0.3 is 5.97 Å². The van der Waals surface area contributed by atoms with Gasteiger partial charge in [-0.25, -0.2) is 27.3 Å². The van der Waals surface area contributed by atoms with E-state index in [4.69, 9.17) is 4.74 Å². The lowest BCUT2D eigenvalue weighted by molar-refractivity contribution is 0.0435.